The Labute approximate surface area is 154 Å². The number of methoxy groups -OCH3 is 1. The van der Waals surface area contributed by atoms with Gasteiger partial charge in [-0.1, -0.05) is 12.1 Å². The topological polar surface area (TPSA) is 62.6 Å². The van der Waals surface area contributed by atoms with E-state index in [1.165, 1.54) is 0 Å². The second-order valence-electron chi connectivity index (χ2n) is 6.46. The summed E-state index contributed by atoms with van der Waals surface area (Å²) in [5, 5.41) is 7.26. The van der Waals surface area contributed by atoms with E-state index >= 15 is 0 Å². The molecule has 2 amide bonds. The second-order valence-corrected chi connectivity index (χ2v) is 6.46. The van der Waals surface area contributed by atoms with Gasteiger partial charge in [0.25, 0.3) is 0 Å². The van der Waals surface area contributed by atoms with Crippen LogP contribution in [0.3, 0.4) is 0 Å². The van der Waals surface area contributed by atoms with Gasteiger partial charge in [-0.2, -0.15) is 5.10 Å². The zero-order valence-electron chi connectivity index (χ0n) is 15.3. The number of urea groups is 1. The van der Waals surface area contributed by atoms with E-state index in [0.717, 1.165) is 57.0 Å². The summed E-state index contributed by atoms with van der Waals surface area (Å²) in [6.07, 6.45) is 4.78. The highest BCUT2D eigenvalue weighted by Crippen LogP contribution is 2.11. The zero-order valence-corrected chi connectivity index (χ0v) is 15.3. The molecule has 1 fully saturated rings. The van der Waals surface area contributed by atoms with E-state index in [1.54, 1.807) is 13.3 Å². The van der Waals surface area contributed by atoms with E-state index in [9.17, 15) is 4.79 Å². The molecule has 0 bridgehead atoms. The third-order valence-electron chi connectivity index (χ3n) is 4.68. The van der Waals surface area contributed by atoms with E-state index in [2.05, 4.69) is 15.3 Å². The highest BCUT2D eigenvalue weighted by atomic mass is 16.5. The summed E-state index contributed by atoms with van der Waals surface area (Å²) in [4.78, 5) is 16.8. The third kappa shape index (κ3) is 5.23. The number of carbonyl (C=O) groups is 1. The molecule has 7 heteroatoms. The summed E-state index contributed by atoms with van der Waals surface area (Å²) < 4.78 is 7.10. The zero-order chi connectivity index (χ0) is 18.2. The molecule has 1 aliphatic heterocycles. The van der Waals surface area contributed by atoms with E-state index in [0.29, 0.717) is 6.54 Å². The van der Waals surface area contributed by atoms with Crippen molar-refractivity contribution in [3.05, 3.63) is 48.3 Å². The molecule has 26 heavy (non-hydrogen) atoms. The predicted octanol–water partition coefficient (Wildman–Crippen LogP) is 1.81. The monoisotopic (exact) mass is 357 g/mol. The molecule has 3 rings (SSSR count). The lowest BCUT2D eigenvalue weighted by molar-refractivity contribution is 0.197. The number of nitrogens with zero attached hydrogens (tertiary/aromatic N) is 4. The number of ether oxygens (including phenoxy) is 1. The standard InChI is InChI=1S/C19H27N5O2/c1-26-18-6-4-17(5-7-18)16-20-19(25)23-10-3-9-22(12-14-23)13-15-24-11-2-8-21-24/h2,4-8,11H,3,9-10,12-16H2,1H3,(H,20,25). The molecule has 0 unspecified atom stereocenters. The average Bonchev–Trinajstić information content (AvgIpc) is 3.09. The molecule has 1 aromatic heterocycles. The maximum atomic E-state index is 12.5. The number of benzene rings is 1. The Morgan fingerprint density at radius 3 is 2.73 bits per heavy atom. The number of hydrogen-bond acceptors (Lipinski definition) is 4. The first kappa shape index (κ1) is 18.3. The Kier molecular flexibility index (Phi) is 6.49. The van der Waals surface area contributed by atoms with E-state index in [1.807, 2.05) is 46.1 Å². The first-order valence-corrected chi connectivity index (χ1v) is 9.10. The largest absolute Gasteiger partial charge is 0.497 e. The van der Waals surface area contributed by atoms with Crippen molar-refractivity contribution < 1.29 is 9.53 Å². The molecule has 1 aliphatic rings. The van der Waals surface area contributed by atoms with Gasteiger partial charge in [-0.05, 0) is 36.7 Å². The van der Waals surface area contributed by atoms with Crippen LogP contribution >= 0.6 is 0 Å². The van der Waals surface area contributed by atoms with Crippen molar-refractivity contribution in [3.8, 4) is 5.75 Å². The van der Waals surface area contributed by atoms with Gasteiger partial charge in [0.2, 0.25) is 0 Å². The van der Waals surface area contributed by atoms with Gasteiger partial charge in [-0.25, -0.2) is 4.79 Å². The van der Waals surface area contributed by atoms with Gasteiger partial charge in [0.15, 0.2) is 0 Å². The lowest BCUT2D eigenvalue weighted by atomic mass is 10.2. The van der Waals surface area contributed by atoms with Gasteiger partial charge in [0, 0.05) is 45.1 Å². The predicted molar refractivity (Wildman–Crippen MR) is 100 cm³/mol. The molecule has 2 heterocycles. The second kappa shape index (κ2) is 9.24. The summed E-state index contributed by atoms with van der Waals surface area (Å²) in [5.74, 6) is 0.822. The Hall–Kier alpha value is -2.54. The molecule has 7 nitrogen and oxygen atoms in total. The average molecular weight is 357 g/mol. The maximum Gasteiger partial charge on any atom is 0.317 e. The number of aromatic nitrogens is 2. The van der Waals surface area contributed by atoms with Crippen LogP contribution in [0.5, 0.6) is 5.75 Å². The van der Waals surface area contributed by atoms with Gasteiger partial charge < -0.3 is 15.0 Å². The molecule has 0 spiro atoms. The lowest BCUT2D eigenvalue weighted by Gasteiger charge is -2.22. The van der Waals surface area contributed by atoms with Crippen LogP contribution in [0.15, 0.2) is 42.7 Å². The van der Waals surface area contributed by atoms with Crippen LogP contribution in [0, 0.1) is 0 Å². The minimum Gasteiger partial charge on any atom is -0.497 e. The van der Waals surface area contributed by atoms with Crippen molar-refractivity contribution in [1.29, 1.82) is 0 Å². The van der Waals surface area contributed by atoms with Crippen LogP contribution in [0.1, 0.15) is 12.0 Å². The summed E-state index contributed by atoms with van der Waals surface area (Å²) in [7, 11) is 1.65. The fourth-order valence-electron chi connectivity index (χ4n) is 3.11. The van der Waals surface area contributed by atoms with E-state index in [-0.39, 0.29) is 6.03 Å². The molecular formula is C19H27N5O2. The Balaban J connectivity index is 1.41. The molecule has 1 N–H and O–H groups in total. The first-order chi connectivity index (χ1) is 12.7. The number of carbonyl (C=O) groups excluding carboxylic acids is 1. The maximum absolute atomic E-state index is 12.5. The molecule has 2 aromatic rings. The molecule has 0 aliphatic carbocycles. The summed E-state index contributed by atoms with van der Waals surface area (Å²) >= 11 is 0. The third-order valence-corrected chi connectivity index (χ3v) is 4.68. The molecule has 140 valence electrons. The number of nitrogens with one attached hydrogen (secondary N) is 1. The fraction of sp³-hybridized carbons (Fsp3) is 0.474. The van der Waals surface area contributed by atoms with Crippen LogP contribution in [0.25, 0.3) is 0 Å². The van der Waals surface area contributed by atoms with Crippen LogP contribution in [0.2, 0.25) is 0 Å². The molecular weight excluding hydrogens is 330 g/mol. The van der Waals surface area contributed by atoms with Gasteiger partial charge in [-0.15, -0.1) is 0 Å². The van der Waals surface area contributed by atoms with Crippen molar-refractivity contribution in [2.45, 2.75) is 19.5 Å². The van der Waals surface area contributed by atoms with Gasteiger partial charge in [0.1, 0.15) is 5.75 Å². The van der Waals surface area contributed by atoms with Gasteiger partial charge in [-0.3, -0.25) is 9.58 Å². The molecule has 0 radical (unpaired) electrons. The highest BCUT2D eigenvalue weighted by Gasteiger charge is 2.18. The van der Waals surface area contributed by atoms with E-state index in [4.69, 9.17) is 4.74 Å². The summed E-state index contributed by atoms with van der Waals surface area (Å²) in [5.41, 5.74) is 1.06. The van der Waals surface area contributed by atoms with Crippen molar-refractivity contribution in [2.24, 2.45) is 0 Å². The van der Waals surface area contributed by atoms with Crippen molar-refractivity contribution in [2.75, 3.05) is 39.8 Å². The molecule has 0 saturated carbocycles. The van der Waals surface area contributed by atoms with Crippen LogP contribution in [0.4, 0.5) is 4.79 Å². The van der Waals surface area contributed by atoms with Crippen LogP contribution in [-0.4, -0.2) is 65.4 Å². The van der Waals surface area contributed by atoms with Gasteiger partial charge in [0.05, 0.1) is 13.7 Å². The highest BCUT2D eigenvalue weighted by molar-refractivity contribution is 5.74. The minimum absolute atomic E-state index is 0.00902. The fourth-order valence-corrected chi connectivity index (χ4v) is 3.11. The van der Waals surface area contributed by atoms with Crippen molar-refractivity contribution in [3.63, 3.8) is 0 Å². The Morgan fingerprint density at radius 2 is 2.00 bits per heavy atom. The van der Waals surface area contributed by atoms with Crippen molar-refractivity contribution >= 4 is 6.03 Å². The molecule has 1 aromatic carbocycles. The Morgan fingerprint density at radius 1 is 1.15 bits per heavy atom. The Bertz CT molecular complexity index is 672. The normalized spacial score (nSPS) is 15.5. The van der Waals surface area contributed by atoms with Crippen LogP contribution < -0.4 is 10.1 Å². The summed E-state index contributed by atoms with van der Waals surface area (Å²) in [6, 6.07) is 9.71. The SMILES string of the molecule is COc1ccc(CNC(=O)N2CCCN(CCn3cccn3)CC2)cc1. The smallest absolute Gasteiger partial charge is 0.317 e. The summed E-state index contributed by atoms with van der Waals surface area (Å²) in [6.45, 7) is 5.85. The van der Waals surface area contributed by atoms with Gasteiger partial charge >= 0.3 is 6.03 Å². The molecule has 1 saturated heterocycles. The lowest BCUT2D eigenvalue weighted by Crippen LogP contribution is -2.42. The quantitative estimate of drug-likeness (QED) is 0.856. The number of amides is 2. The van der Waals surface area contributed by atoms with Crippen LogP contribution in [-0.2, 0) is 13.1 Å². The number of hydrogen-bond donors (Lipinski definition) is 1. The number of rotatable bonds is 6. The first-order valence-electron chi connectivity index (χ1n) is 9.10. The van der Waals surface area contributed by atoms with Crippen molar-refractivity contribution in [1.82, 2.24) is 24.9 Å². The van der Waals surface area contributed by atoms with E-state index < -0.39 is 0 Å². The minimum atomic E-state index is 0.00902. The molecule has 0 atom stereocenters.